The lowest BCUT2D eigenvalue weighted by atomic mass is 10.2. The quantitative estimate of drug-likeness (QED) is 0.666. The summed E-state index contributed by atoms with van der Waals surface area (Å²) in [6.07, 6.45) is -4.34. The number of carbonyl (C=O) groups is 1. The van der Waals surface area contributed by atoms with Crippen molar-refractivity contribution in [1.29, 1.82) is 0 Å². The van der Waals surface area contributed by atoms with Gasteiger partial charge in [-0.2, -0.15) is 18.2 Å². The van der Waals surface area contributed by atoms with Gasteiger partial charge >= 0.3 is 6.18 Å². The van der Waals surface area contributed by atoms with Gasteiger partial charge in [0.2, 0.25) is 17.6 Å². The van der Waals surface area contributed by atoms with Gasteiger partial charge in [0.05, 0.1) is 6.42 Å². The molecule has 0 bridgehead atoms. The van der Waals surface area contributed by atoms with Gasteiger partial charge in [0.15, 0.2) is 0 Å². The zero-order valence-corrected chi connectivity index (χ0v) is 15.0. The lowest BCUT2D eigenvalue weighted by molar-refractivity contribution is -0.145. The standard InChI is InChI=1S/C17H19ClF3N3O2/c1-2-24(11-10-17(19,20)21)15(25)5-3-4-14-22-16(23-26-14)12-6-8-13(18)9-7-12/h6-9H,2-5,10-11H2,1H3. The highest BCUT2D eigenvalue weighted by atomic mass is 35.5. The van der Waals surface area contributed by atoms with Gasteiger partial charge in [0, 0.05) is 36.5 Å². The molecule has 26 heavy (non-hydrogen) atoms. The third-order valence-electron chi connectivity index (χ3n) is 3.75. The number of aryl methyl sites for hydroxylation is 1. The van der Waals surface area contributed by atoms with Crippen LogP contribution in [0.3, 0.4) is 0 Å². The Labute approximate surface area is 154 Å². The molecule has 1 amide bonds. The van der Waals surface area contributed by atoms with Crippen LogP contribution >= 0.6 is 11.6 Å². The Morgan fingerprint density at radius 1 is 1.27 bits per heavy atom. The number of amides is 1. The summed E-state index contributed by atoms with van der Waals surface area (Å²) < 4.78 is 42.0. The molecule has 0 aliphatic heterocycles. The van der Waals surface area contributed by atoms with Crippen molar-refractivity contribution in [1.82, 2.24) is 15.0 Å². The Morgan fingerprint density at radius 3 is 2.58 bits per heavy atom. The van der Waals surface area contributed by atoms with E-state index in [0.717, 1.165) is 5.56 Å². The van der Waals surface area contributed by atoms with E-state index in [1.807, 2.05) is 0 Å². The van der Waals surface area contributed by atoms with Crippen LogP contribution in [0.25, 0.3) is 11.4 Å². The molecule has 2 aromatic rings. The summed E-state index contributed by atoms with van der Waals surface area (Å²) in [5.74, 6) is 0.485. The van der Waals surface area contributed by atoms with Crippen LogP contribution < -0.4 is 0 Å². The molecule has 1 aromatic carbocycles. The second kappa shape index (κ2) is 9.02. The Balaban J connectivity index is 1.81. The summed E-state index contributed by atoms with van der Waals surface area (Å²) in [7, 11) is 0. The van der Waals surface area contributed by atoms with Crippen molar-refractivity contribution in [3.63, 3.8) is 0 Å². The first-order valence-electron chi connectivity index (χ1n) is 8.21. The molecule has 9 heteroatoms. The summed E-state index contributed by atoms with van der Waals surface area (Å²) in [6, 6.07) is 6.96. The number of aromatic nitrogens is 2. The molecular weight excluding hydrogens is 371 g/mol. The number of rotatable bonds is 8. The van der Waals surface area contributed by atoms with Crippen molar-refractivity contribution >= 4 is 17.5 Å². The average molecular weight is 390 g/mol. The van der Waals surface area contributed by atoms with E-state index in [0.29, 0.717) is 29.6 Å². The predicted octanol–water partition coefficient (Wildman–Crippen LogP) is 4.51. The van der Waals surface area contributed by atoms with Crippen LogP contribution in [0.2, 0.25) is 5.02 Å². The summed E-state index contributed by atoms with van der Waals surface area (Å²) in [5.41, 5.74) is 0.754. The van der Waals surface area contributed by atoms with E-state index < -0.39 is 12.6 Å². The molecule has 1 aromatic heterocycles. The SMILES string of the molecule is CCN(CCC(F)(F)F)C(=O)CCCc1nc(-c2ccc(Cl)cc2)no1. The van der Waals surface area contributed by atoms with Gasteiger partial charge in [-0.3, -0.25) is 4.79 Å². The fourth-order valence-corrected chi connectivity index (χ4v) is 2.47. The lowest BCUT2D eigenvalue weighted by Gasteiger charge is -2.21. The minimum absolute atomic E-state index is 0.129. The van der Waals surface area contributed by atoms with Gasteiger partial charge < -0.3 is 9.42 Å². The maximum Gasteiger partial charge on any atom is 0.390 e. The molecule has 0 fully saturated rings. The summed E-state index contributed by atoms with van der Waals surface area (Å²) in [6.45, 7) is 1.58. The van der Waals surface area contributed by atoms with Gasteiger partial charge in [-0.1, -0.05) is 16.8 Å². The van der Waals surface area contributed by atoms with Crippen molar-refractivity contribution in [2.24, 2.45) is 0 Å². The van der Waals surface area contributed by atoms with E-state index >= 15 is 0 Å². The number of carbonyl (C=O) groups excluding carboxylic acids is 1. The second-order valence-corrected chi connectivity index (χ2v) is 6.15. The van der Waals surface area contributed by atoms with Gasteiger partial charge in [0.25, 0.3) is 0 Å². The fourth-order valence-electron chi connectivity index (χ4n) is 2.34. The molecule has 142 valence electrons. The van der Waals surface area contributed by atoms with E-state index in [2.05, 4.69) is 10.1 Å². The molecule has 0 saturated heterocycles. The summed E-state index contributed by atoms with van der Waals surface area (Å²) in [5, 5.41) is 4.47. The maximum absolute atomic E-state index is 12.3. The van der Waals surface area contributed by atoms with E-state index in [-0.39, 0.29) is 25.4 Å². The summed E-state index contributed by atoms with van der Waals surface area (Å²) in [4.78, 5) is 17.5. The molecule has 0 N–H and O–H groups in total. The zero-order valence-electron chi connectivity index (χ0n) is 14.2. The largest absolute Gasteiger partial charge is 0.390 e. The third kappa shape index (κ3) is 6.33. The minimum Gasteiger partial charge on any atom is -0.343 e. The molecule has 0 unspecified atom stereocenters. The predicted molar refractivity (Wildman–Crippen MR) is 90.6 cm³/mol. The van der Waals surface area contributed by atoms with Crippen molar-refractivity contribution in [3.05, 3.63) is 35.2 Å². The molecule has 2 rings (SSSR count). The van der Waals surface area contributed by atoms with Crippen molar-refractivity contribution in [3.8, 4) is 11.4 Å². The Morgan fingerprint density at radius 2 is 1.96 bits per heavy atom. The first-order chi connectivity index (χ1) is 12.3. The number of hydrogen-bond donors (Lipinski definition) is 0. The van der Waals surface area contributed by atoms with Crippen LogP contribution in [0, 0.1) is 0 Å². The normalized spacial score (nSPS) is 11.6. The van der Waals surface area contributed by atoms with Crippen molar-refractivity contribution in [2.75, 3.05) is 13.1 Å². The minimum atomic E-state index is -4.27. The summed E-state index contributed by atoms with van der Waals surface area (Å²) >= 11 is 5.82. The van der Waals surface area contributed by atoms with E-state index in [1.165, 1.54) is 4.90 Å². The smallest absolute Gasteiger partial charge is 0.343 e. The number of halogens is 4. The van der Waals surface area contributed by atoms with Crippen LogP contribution in [0.5, 0.6) is 0 Å². The molecule has 0 aliphatic carbocycles. The molecule has 0 aliphatic rings. The van der Waals surface area contributed by atoms with Gasteiger partial charge in [0.1, 0.15) is 0 Å². The van der Waals surface area contributed by atoms with Crippen molar-refractivity contribution < 1.29 is 22.5 Å². The first-order valence-corrected chi connectivity index (χ1v) is 8.59. The van der Waals surface area contributed by atoms with Crippen LogP contribution in [0.1, 0.15) is 32.1 Å². The maximum atomic E-state index is 12.3. The number of alkyl halides is 3. The zero-order chi connectivity index (χ0) is 19.2. The molecule has 0 spiro atoms. The molecule has 0 atom stereocenters. The Bertz CT molecular complexity index is 717. The molecule has 5 nitrogen and oxygen atoms in total. The van der Waals surface area contributed by atoms with Crippen LogP contribution in [-0.4, -0.2) is 40.2 Å². The van der Waals surface area contributed by atoms with E-state index in [1.54, 1.807) is 31.2 Å². The number of benzene rings is 1. The van der Waals surface area contributed by atoms with Crippen LogP contribution in [0.4, 0.5) is 13.2 Å². The van der Waals surface area contributed by atoms with Crippen molar-refractivity contribution in [2.45, 2.75) is 38.8 Å². The van der Waals surface area contributed by atoms with Gasteiger partial charge in [-0.05, 0) is 37.6 Å². The van der Waals surface area contributed by atoms with Gasteiger partial charge in [-0.25, -0.2) is 0 Å². The fraction of sp³-hybridized carbons (Fsp3) is 0.471. The van der Waals surface area contributed by atoms with Gasteiger partial charge in [-0.15, -0.1) is 0 Å². The third-order valence-corrected chi connectivity index (χ3v) is 4.00. The number of nitrogens with zero attached hydrogens (tertiary/aromatic N) is 3. The monoisotopic (exact) mass is 389 g/mol. The van der Waals surface area contributed by atoms with Crippen LogP contribution in [0.15, 0.2) is 28.8 Å². The highest BCUT2D eigenvalue weighted by Gasteiger charge is 2.28. The second-order valence-electron chi connectivity index (χ2n) is 5.71. The molecule has 0 saturated carbocycles. The lowest BCUT2D eigenvalue weighted by Crippen LogP contribution is -2.33. The Kier molecular flexibility index (Phi) is 7.02. The molecular formula is C17H19ClF3N3O2. The van der Waals surface area contributed by atoms with Crippen LogP contribution in [-0.2, 0) is 11.2 Å². The first kappa shape index (κ1) is 20.2. The molecule has 0 radical (unpaired) electrons. The highest BCUT2D eigenvalue weighted by Crippen LogP contribution is 2.21. The van der Waals surface area contributed by atoms with E-state index in [9.17, 15) is 18.0 Å². The topological polar surface area (TPSA) is 59.2 Å². The number of hydrogen-bond acceptors (Lipinski definition) is 4. The molecule has 1 heterocycles. The Hall–Kier alpha value is -2.09. The van der Waals surface area contributed by atoms with E-state index in [4.69, 9.17) is 16.1 Å². The highest BCUT2D eigenvalue weighted by molar-refractivity contribution is 6.30. The average Bonchev–Trinajstić information content (AvgIpc) is 3.04.